The van der Waals surface area contributed by atoms with Crippen LogP contribution in [-0.2, 0) is 26.2 Å². The van der Waals surface area contributed by atoms with Crippen molar-refractivity contribution < 1.29 is 27.5 Å². The first kappa shape index (κ1) is 32.8. The number of sulfonamides is 1. The topological polar surface area (TPSA) is 105 Å². The van der Waals surface area contributed by atoms with Crippen molar-refractivity contribution in [3.63, 3.8) is 0 Å². The summed E-state index contributed by atoms with van der Waals surface area (Å²) < 4.78 is 39.4. The predicted octanol–water partition coefficient (Wildman–Crippen LogP) is 5.27. The molecule has 0 aliphatic rings. The summed E-state index contributed by atoms with van der Waals surface area (Å²) in [6.45, 7) is 5.18. The molecular weight excluding hydrogens is 578 g/mol. The van der Waals surface area contributed by atoms with Crippen LogP contribution in [0.25, 0.3) is 0 Å². The molecule has 11 heteroatoms. The number of methoxy groups -OCH3 is 2. The van der Waals surface area contributed by atoms with Crippen molar-refractivity contribution >= 4 is 39.1 Å². The Balaban J connectivity index is 2.08. The number of amides is 2. The lowest BCUT2D eigenvalue weighted by Crippen LogP contribution is -2.53. The number of rotatable bonds is 14. The van der Waals surface area contributed by atoms with Gasteiger partial charge in [-0.2, -0.15) is 0 Å². The molecule has 226 valence electrons. The third kappa shape index (κ3) is 7.95. The fourth-order valence-corrected chi connectivity index (χ4v) is 6.03. The molecular formula is C31H38ClN3O6S. The van der Waals surface area contributed by atoms with E-state index >= 15 is 0 Å². The van der Waals surface area contributed by atoms with Gasteiger partial charge in [0, 0.05) is 12.6 Å². The lowest BCUT2D eigenvalue weighted by Gasteiger charge is -2.33. The molecule has 0 saturated heterocycles. The van der Waals surface area contributed by atoms with Crippen LogP contribution < -0.4 is 19.1 Å². The van der Waals surface area contributed by atoms with Gasteiger partial charge < -0.3 is 19.7 Å². The minimum atomic E-state index is -4.21. The van der Waals surface area contributed by atoms with Crippen molar-refractivity contribution in [2.45, 2.75) is 57.1 Å². The van der Waals surface area contributed by atoms with Gasteiger partial charge in [-0.25, -0.2) is 8.42 Å². The number of halogens is 1. The molecule has 0 heterocycles. The summed E-state index contributed by atoms with van der Waals surface area (Å²) in [5.41, 5.74) is 0.934. The number of hydrogen-bond acceptors (Lipinski definition) is 6. The number of hydrogen-bond donors (Lipinski definition) is 1. The largest absolute Gasteiger partial charge is 0.497 e. The van der Waals surface area contributed by atoms with Gasteiger partial charge in [-0.15, -0.1) is 0 Å². The minimum absolute atomic E-state index is 0.00741. The highest BCUT2D eigenvalue weighted by Gasteiger charge is 2.34. The zero-order valence-electron chi connectivity index (χ0n) is 24.5. The second-order valence-corrected chi connectivity index (χ2v) is 12.0. The Labute approximate surface area is 253 Å². The smallest absolute Gasteiger partial charge is 0.264 e. The number of nitrogens with zero attached hydrogens (tertiary/aromatic N) is 2. The zero-order chi connectivity index (χ0) is 30.9. The van der Waals surface area contributed by atoms with Crippen LogP contribution in [0.2, 0.25) is 5.02 Å². The summed E-state index contributed by atoms with van der Waals surface area (Å²) in [6, 6.07) is 18.6. The van der Waals surface area contributed by atoms with Gasteiger partial charge >= 0.3 is 0 Å². The van der Waals surface area contributed by atoms with Crippen LogP contribution in [0.15, 0.2) is 77.7 Å². The van der Waals surface area contributed by atoms with Crippen LogP contribution in [0.1, 0.15) is 39.2 Å². The van der Waals surface area contributed by atoms with Crippen LogP contribution in [0.5, 0.6) is 11.5 Å². The number of nitrogens with one attached hydrogen (secondary N) is 1. The average Bonchev–Trinajstić information content (AvgIpc) is 3.00. The van der Waals surface area contributed by atoms with E-state index in [-0.39, 0.29) is 34.1 Å². The van der Waals surface area contributed by atoms with Crippen molar-refractivity contribution in [1.82, 2.24) is 10.2 Å². The van der Waals surface area contributed by atoms with E-state index < -0.39 is 28.5 Å². The maximum atomic E-state index is 14.2. The van der Waals surface area contributed by atoms with E-state index in [4.69, 9.17) is 21.1 Å². The first-order valence-corrected chi connectivity index (χ1v) is 15.5. The van der Waals surface area contributed by atoms with Crippen LogP contribution in [-0.4, -0.2) is 58.0 Å². The predicted molar refractivity (Wildman–Crippen MR) is 164 cm³/mol. The summed E-state index contributed by atoms with van der Waals surface area (Å²) in [5, 5.41) is 3.15. The lowest BCUT2D eigenvalue weighted by molar-refractivity contribution is -0.140. The van der Waals surface area contributed by atoms with Gasteiger partial charge in [-0.3, -0.25) is 13.9 Å². The number of ether oxygens (including phenoxy) is 2. The molecule has 0 bridgehead atoms. The second kappa shape index (κ2) is 14.9. The van der Waals surface area contributed by atoms with E-state index in [1.54, 1.807) is 55.6 Å². The Hall–Kier alpha value is -3.76. The third-order valence-corrected chi connectivity index (χ3v) is 9.02. The maximum absolute atomic E-state index is 14.2. The van der Waals surface area contributed by atoms with E-state index in [9.17, 15) is 18.0 Å². The molecule has 0 aromatic heterocycles. The van der Waals surface area contributed by atoms with Crippen LogP contribution in [0.3, 0.4) is 0 Å². The summed E-state index contributed by atoms with van der Waals surface area (Å²) in [6.07, 6.45) is 1.04. The van der Waals surface area contributed by atoms with E-state index in [1.165, 1.54) is 36.3 Å². The summed E-state index contributed by atoms with van der Waals surface area (Å²) >= 11 is 6.37. The molecule has 0 saturated carbocycles. The Morgan fingerprint density at radius 3 is 2.14 bits per heavy atom. The molecule has 42 heavy (non-hydrogen) atoms. The number of benzene rings is 3. The number of carbonyl (C=O) groups is 2. The van der Waals surface area contributed by atoms with Gasteiger partial charge in [0.05, 0.1) is 29.8 Å². The van der Waals surface area contributed by atoms with E-state index in [0.717, 1.165) is 16.3 Å². The standard InChI is InChI=1S/C31H38ClN3O6S/c1-6-22(3)33-31(37)28(7-2)34(20-23-13-16-25(40-4)17-14-23)30(36)21-35(24-15-18-29(41-5)27(32)19-24)42(38,39)26-11-9-8-10-12-26/h8-19,22,28H,6-7,20-21H2,1-5H3,(H,33,37)/t22-,28+/m0/s1. The highest BCUT2D eigenvalue weighted by Crippen LogP contribution is 2.32. The molecule has 1 N–H and O–H groups in total. The van der Waals surface area contributed by atoms with Crippen molar-refractivity contribution in [3.05, 3.63) is 83.4 Å². The van der Waals surface area contributed by atoms with Gasteiger partial charge in [-0.05, 0) is 67.8 Å². The second-order valence-electron chi connectivity index (χ2n) is 9.76. The van der Waals surface area contributed by atoms with E-state index in [1.807, 2.05) is 20.8 Å². The molecule has 3 aromatic rings. The first-order valence-electron chi connectivity index (χ1n) is 13.7. The van der Waals surface area contributed by atoms with Gasteiger partial charge in [0.15, 0.2) is 0 Å². The molecule has 0 spiro atoms. The van der Waals surface area contributed by atoms with Crippen molar-refractivity contribution in [1.29, 1.82) is 0 Å². The van der Waals surface area contributed by atoms with Crippen molar-refractivity contribution in [2.24, 2.45) is 0 Å². The molecule has 3 rings (SSSR count). The fourth-order valence-electron chi connectivity index (χ4n) is 4.35. The van der Waals surface area contributed by atoms with E-state index in [0.29, 0.717) is 17.9 Å². The zero-order valence-corrected chi connectivity index (χ0v) is 26.1. The van der Waals surface area contributed by atoms with Gasteiger partial charge in [0.25, 0.3) is 10.0 Å². The Bertz CT molecular complexity index is 1450. The Morgan fingerprint density at radius 1 is 0.929 bits per heavy atom. The third-order valence-electron chi connectivity index (χ3n) is 6.93. The lowest BCUT2D eigenvalue weighted by atomic mass is 10.1. The minimum Gasteiger partial charge on any atom is -0.497 e. The maximum Gasteiger partial charge on any atom is 0.264 e. The highest BCUT2D eigenvalue weighted by molar-refractivity contribution is 7.92. The van der Waals surface area contributed by atoms with E-state index in [2.05, 4.69) is 5.32 Å². The summed E-state index contributed by atoms with van der Waals surface area (Å²) in [4.78, 5) is 29.0. The summed E-state index contributed by atoms with van der Waals surface area (Å²) in [7, 11) is -1.19. The SMILES string of the molecule is CC[C@H](C(=O)N[C@@H](C)CC)N(Cc1ccc(OC)cc1)C(=O)CN(c1ccc(OC)c(Cl)c1)S(=O)(=O)c1ccccc1. The van der Waals surface area contributed by atoms with Gasteiger partial charge in [0.2, 0.25) is 11.8 Å². The molecule has 2 amide bonds. The summed E-state index contributed by atoms with van der Waals surface area (Å²) in [5.74, 6) is 0.148. The molecule has 0 unspecified atom stereocenters. The Morgan fingerprint density at radius 2 is 1.60 bits per heavy atom. The fraction of sp³-hybridized carbons (Fsp3) is 0.355. The Kier molecular flexibility index (Phi) is 11.6. The van der Waals surface area contributed by atoms with Crippen molar-refractivity contribution in [2.75, 3.05) is 25.1 Å². The molecule has 0 aliphatic heterocycles. The number of anilines is 1. The van der Waals surface area contributed by atoms with Crippen LogP contribution >= 0.6 is 11.6 Å². The highest BCUT2D eigenvalue weighted by atomic mass is 35.5. The normalized spacial score (nSPS) is 12.6. The molecule has 2 atom stereocenters. The quantitative estimate of drug-likeness (QED) is 0.265. The van der Waals surface area contributed by atoms with Crippen molar-refractivity contribution in [3.8, 4) is 11.5 Å². The number of carbonyl (C=O) groups excluding carboxylic acids is 2. The first-order chi connectivity index (χ1) is 20.0. The molecule has 0 fully saturated rings. The van der Waals surface area contributed by atoms with Gasteiger partial charge in [-0.1, -0.05) is 55.8 Å². The molecule has 9 nitrogen and oxygen atoms in total. The van der Waals surface area contributed by atoms with Crippen LogP contribution in [0.4, 0.5) is 5.69 Å². The average molecular weight is 616 g/mol. The van der Waals surface area contributed by atoms with Gasteiger partial charge in [0.1, 0.15) is 24.1 Å². The van der Waals surface area contributed by atoms with Crippen LogP contribution in [0, 0.1) is 0 Å². The molecule has 0 radical (unpaired) electrons. The molecule has 0 aliphatic carbocycles. The monoisotopic (exact) mass is 615 g/mol. The molecule has 3 aromatic carbocycles.